The maximum atomic E-state index is 10.7. The van der Waals surface area contributed by atoms with Gasteiger partial charge in [-0.2, -0.15) is 0 Å². The molecule has 0 bridgehead atoms. The Bertz CT molecular complexity index is 256. The zero-order valence-corrected chi connectivity index (χ0v) is 18.0. The molecular weight excluding hydrogens is 385 g/mol. The Morgan fingerprint density at radius 1 is 0.952 bits per heavy atom. The van der Waals surface area contributed by atoms with E-state index in [9.17, 15) is 4.79 Å². The minimum Gasteiger partial charge on any atom is -0.374 e. The first-order valence-electron chi connectivity index (χ1n) is 6.82. The molecule has 0 aliphatic heterocycles. The van der Waals surface area contributed by atoms with Gasteiger partial charge >= 0.3 is 8.80 Å². The smallest absolute Gasteiger partial charge is 0.374 e. The van der Waals surface area contributed by atoms with E-state index < -0.39 is 8.80 Å². The van der Waals surface area contributed by atoms with E-state index in [2.05, 4.69) is 0 Å². The molecule has 21 heavy (non-hydrogen) atoms. The molecule has 0 aliphatic rings. The lowest BCUT2D eigenvalue weighted by molar-refractivity contribution is -0.109. The predicted molar refractivity (Wildman–Crippen MR) is 104 cm³/mol. The van der Waals surface area contributed by atoms with Crippen molar-refractivity contribution in [1.82, 2.24) is 0 Å². The van der Waals surface area contributed by atoms with Gasteiger partial charge in [-0.3, -0.25) is 4.79 Å². The Balaban J connectivity index is 3.83. The summed E-state index contributed by atoms with van der Waals surface area (Å²) in [6.45, 7) is 9.39. The standard InChI is InChI=1S/C11H24O4S5Si/c1-5-13-21(14-6-2,15-7-3)10-8-9-16-18-20-19-17-11(4)12/h5-10H2,1-4H3. The maximum Gasteiger partial charge on any atom is 0.500 e. The van der Waals surface area contributed by atoms with E-state index in [1.807, 2.05) is 20.8 Å². The van der Waals surface area contributed by atoms with Gasteiger partial charge in [0.2, 0.25) is 0 Å². The molecule has 0 aliphatic carbocycles. The lowest BCUT2D eigenvalue weighted by atomic mass is 10.6. The summed E-state index contributed by atoms with van der Waals surface area (Å²) in [6, 6.07) is 0.857. The summed E-state index contributed by atoms with van der Waals surface area (Å²) in [5.41, 5.74) is 0. The first kappa shape index (κ1) is 22.5. The quantitative estimate of drug-likeness (QED) is 0.216. The number of hydrogen-bond acceptors (Lipinski definition) is 9. The van der Waals surface area contributed by atoms with Crippen LogP contribution in [0.2, 0.25) is 6.04 Å². The second-order valence-electron chi connectivity index (χ2n) is 3.69. The average molecular weight is 409 g/mol. The van der Waals surface area contributed by atoms with Crippen LogP contribution in [0.1, 0.15) is 34.1 Å². The third-order valence-electron chi connectivity index (χ3n) is 2.06. The fourth-order valence-corrected chi connectivity index (χ4v) is 12.5. The molecule has 0 fully saturated rings. The van der Waals surface area contributed by atoms with Crippen molar-refractivity contribution in [2.24, 2.45) is 0 Å². The van der Waals surface area contributed by atoms with Crippen LogP contribution in [-0.4, -0.2) is 39.5 Å². The topological polar surface area (TPSA) is 44.8 Å². The summed E-state index contributed by atoms with van der Waals surface area (Å²) in [5, 5.41) is 0.138. The lowest BCUT2D eigenvalue weighted by Crippen LogP contribution is -2.46. The van der Waals surface area contributed by atoms with Crippen molar-refractivity contribution < 1.29 is 18.1 Å². The van der Waals surface area contributed by atoms with Gasteiger partial charge in [0.1, 0.15) is 0 Å². The van der Waals surface area contributed by atoms with Crippen molar-refractivity contribution in [3.63, 3.8) is 0 Å². The van der Waals surface area contributed by atoms with Gasteiger partial charge in [0.15, 0.2) is 5.12 Å². The third kappa shape index (κ3) is 12.6. The number of rotatable bonds is 14. The van der Waals surface area contributed by atoms with Gasteiger partial charge in [0.25, 0.3) is 0 Å². The second kappa shape index (κ2) is 15.1. The first-order chi connectivity index (χ1) is 10.1. The molecule has 0 aromatic rings. The summed E-state index contributed by atoms with van der Waals surface area (Å²) in [7, 11) is 5.43. The van der Waals surface area contributed by atoms with Crippen LogP contribution in [0.3, 0.4) is 0 Å². The molecule has 126 valence electrons. The van der Waals surface area contributed by atoms with Crippen molar-refractivity contribution >= 4 is 65.0 Å². The number of carbonyl (C=O) groups excluding carboxylic acids is 1. The zero-order chi connectivity index (χ0) is 16.0. The number of hydrogen-bond donors (Lipinski definition) is 0. The van der Waals surface area contributed by atoms with Crippen LogP contribution in [0.5, 0.6) is 0 Å². The molecule has 10 heteroatoms. The monoisotopic (exact) mass is 408 g/mol. The van der Waals surface area contributed by atoms with Crippen molar-refractivity contribution in [2.45, 2.75) is 40.2 Å². The maximum absolute atomic E-state index is 10.7. The summed E-state index contributed by atoms with van der Waals surface area (Å²) in [6.07, 6.45) is 1.01. The Kier molecular flexibility index (Phi) is 16.2. The van der Waals surface area contributed by atoms with Crippen molar-refractivity contribution in [1.29, 1.82) is 0 Å². The molecule has 0 aromatic heterocycles. The van der Waals surface area contributed by atoms with Gasteiger partial charge in [-0.05, 0) is 67.5 Å². The van der Waals surface area contributed by atoms with E-state index in [1.54, 1.807) is 37.4 Å². The SMILES string of the molecule is CCO[Si](CCCSSSSSC(C)=O)(OCC)OCC. The second-order valence-corrected chi connectivity index (χ2v) is 14.3. The molecule has 0 atom stereocenters. The van der Waals surface area contributed by atoms with Gasteiger partial charge in [0, 0.05) is 38.5 Å². The minimum atomic E-state index is -2.47. The first-order valence-corrected chi connectivity index (χ1v) is 15.1. The largest absolute Gasteiger partial charge is 0.500 e. The lowest BCUT2D eigenvalue weighted by Gasteiger charge is -2.28. The van der Waals surface area contributed by atoms with Crippen LogP contribution >= 0.6 is 51.1 Å². The molecule has 0 heterocycles. The highest BCUT2D eigenvalue weighted by molar-refractivity contribution is 9.36. The molecule has 0 N–H and O–H groups in total. The van der Waals surface area contributed by atoms with Gasteiger partial charge < -0.3 is 13.3 Å². The third-order valence-corrected chi connectivity index (χ3v) is 13.7. The Labute approximate surface area is 148 Å². The molecular formula is C11H24O4S5Si. The summed E-state index contributed by atoms with van der Waals surface area (Å²) < 4.78 is 17.4. The van der Waals surface area contributed by atoms with Crippen LogP contribution in [0.4, 0.5) is 0 Å². The van der Waals surface area contributed by atoms with Gasteiger partial charge in [-0.25, -0.2) is 0 Å². The van der Waals surface area contributed by atoms with Crippen LogP contribution in [0, 0.1) is 0 Å². The average Bonchev–Trinajstić information content (AvgIpc) is 2.42. The van der Waals surface area contributed by atoms with Gasteiger partial charge in [-0.1, -0.05) is 10.8 Å². The van der Waals surface area contributed by atoms with Crippen LogP contribution in [0.25, 0.3) is 0 Å². The Morgan fingerprint density at radius 3 is 2.00 bits per heavy atom. The summed E-state index contributed by atoms with van der Waals surface area (Å²) >= 11 is 0. The minimum absolute atomic E-state index is 0.138. The Morgan fingerprint density at radius 2 is 1.52 bits per heavy atom. The highest BCUT2D eigenvalue weighted by Crippen LogP contribution is 2.48. The van der Waals surface area contributed by atoms with Crippen LogP contribution < -0.4 is 0 Å². The van der Waals surface area contributed by atoms with Gasteiger partial charge in [-0.15, -0.1) is 0 Å². The molecule has 0 radical (unpaired) electrons. The fraction of sp³-hybridized carbons (Fsp3) is 0.909. The van der Waals surface area contributed by atoms with E-state index in [4.69, 9.17) is 13.3 Å². The number of carbonyl (C=O) groups is 1. The molecule has 0 saturated heterocycles. The molecule has 0 amide bonds. The predicted octanol–water partition coefficient (Wildman–Crippen LogP) is 5.30. The van der Waals surface area contributed by atoms with E-state index in [1.165, 1.54) is 20.6 Å². The van der Waals surface area contributed by atoms with E-state index >= 15 is 0 Å². The highest BCUT2D eigenvalue weighted by Gasteiger charge is 2.39. The molecule has 0 rings (SSSR count). The highest BCUT2D eigenvalue weighted by atomic mass is 33.8. The van der Waals surface area contributed by atoms with Crippen LogP contribution in [-0.2, 0) is 18.1 Å². The zero-order valence-electron chi connectivity index (χ0n) is 12.9. The van der Waals surface area contributed by atoms with E-state index in [-0.39, 0.29) is 5.12 Å². The van der Waals surface area contributed by atoms with E-state index in [0.29, 0.717) is 19.8 Å². The van der Waals surface area contributed by atoms with E-state index in [0.717, 1.165) is 18.2 Å². The Hall–Kier alpha value is 1.52. The molecule has 4 nitrogen and oxygen atoms in total. The summed E-state index contributed by atoms with van der Waals surface area (Å²) in [4.78, 5) is 10.7. The molecule has 0 spiro atoms. The van der Waals surface area contributed by atoms with Crippen LogP contribution in [0.15, 0.2) is 0 Å². The van der Waals surface area contributed by atoms with Crippen molar-refractivity contribution in [3.8, 4) is 0 Å². The van der Waals surface area contributed by atoms with Crippen molar-refractivity contribution in [3.05, 3.63) is 0 Å². The molecule has 0 saturated carbocycles. The fourth-order valence-electron chi connectivity index (χ4n) is 1.48. The normalized spacial score (nSPS) is 11.8. The summed E-state index contributed by atoms with van der Waals surface area (Å²) in [5.74, 6) is 1.02. The molecule has 0 aromatic carbocycles. The van der Waals surface area contributed by atoms with Crippen molar-refractivity contribution in [2.75, 3.05) is 25.6 Å². The van der Waals surface area contributed by atoms with Gasteiger partial charge in [0.05, 0.1) is 0 Å². The molecule has 0 unspecified atom stereocenters.